The van der Waals surface area contributed by atoms with E-state index in [-0.39, 0.29) is 24.7 Å². The maximum absolute atomic E-state index is 12.3. The van der Waals surface area contributed by atoms with Crippen molar-refractivity contribution < 1.29 is 14.3 Å². The van der Waals surface area contributed by atoms with Crippen LogP contribution >= 0.6 is 0 Å². The summed E-state index contributed by atoms with van der Waals surface area (Å²) in [7, 11) is 0. The molecule has 0 atom stereocenters. The molecule has 24 heavy (non-hydrogen) atoms. The number of nitrogens with zero attached hydrogens (tertiary/aromatic N) is 1. The molecule has 5 heteroatoms. The fourth-order valence-electron chi connectivity index (χ4n) is 2.02. The Hall–Kier alpha value is -3.00. The summed E-state index contributed by atoms with van der Waals surface area (Å²) in [6.07, 6.45) is 0. The number of esters is 1. The van der Waals surface area contributed by atoms with Crippen molar-refractivity contribution in [3.63, 3.8) is 0 Å². The van der Waals surface area contributed by atoms with Gasteiger partial charge in [0.1, 0.15) is 30.6 Å². The molecule has 124 valence electrons. The van der Waals surface area contributed by atoms with Crippen LogP contribution in [0.1, 0.15) is 25.0 Å². The molecular formula is C19H20N2O3. The molecule has 0 amide bonds. The van der Waals surface area contributed by atoms with Gasteiger partial charge in [0.15, 0.2) is 0 Å². The Morgan fingerprint density at radius 2 is 1.88 bits per heavy atom. The molecule has 0 aliphatic rings. The Morgan fingerprint density at radius 1 is 1.17 bits per heavy atom. The van der Waals surface area contributed by atoms with Crippen LogP contribution in [0.3, 0.4) is 0 Å². The van der Waals surface area contributed by atoms with Crippen LogP contribution in [0.5, 0.6) is 5.75 Å². The number of ether oxygens (including phenoxy) is 2. The van der Waals surface area contributed by atoms with Crippen molar-refractivity contribution in [3.8, 4) is 11.8 Å². The van der Waals surface area contributed by atoms with Crippen molar-refractivity contribution in [2.75, 3.05) is 12.3 Å². The number of carbonyl (C=O) groups excluding carboxylic acids is 1. The number of benzene rings is 2. The molecule has 5 nitrogen and oxygen atoms in total. The lowest BCUT2D eigenvalue weighted by Gasteiger charge is -2.23. The highest BCUT2D eigenvalue weighted by atomic mass is 16.5. The second-order valence-corrected chi connectivity index (χ2v) is 6.07. The van der Waals surface area contributed by atoms with Gasteiger partial charge in [-0.25, -0.2) is 0 Å². The lowest BCUT2D eigenvalue weighted by Crippen LogP contribution is -2.33. The molecule has 0 aliphatic carbocycles. The third-order valence-electron chi connectivity index (χ3n) is 3.52. The smallest absolute Gasteiger partial charge is 0.315 e. The Bertz CT molecular complexity index is 749. The second kappa shape index (κ2) is 7.51. The summed E-state index contributed by atoms with van der Waals surface area (Å²) in [5, 5.41) is 9.15. The van der Waals surface area contributed by atoms with E-state index in [1.165, 1.54) is 0 Å². The molecule has 0 saturated carbocycles. The maximum Gasteiger partial charge on any atom is 0.315 e. The molecule has 0 aliphatic heterocycles. The quantitative estimate of drug-likeness (QED) is 0.651. The van der Waals surface area contributed by atoms with Crippen LogP contribution in [0.4, 0.5) is 5.69 Å². The molecule has 0 aromatic heterocycles. The minimum absolute atomic E-state index is 0.0821. The normalized spacial score (nSPS) is 10.7. The first kappa shape index (κ1) is 17.4. The summed E-state index contributed by atoms with van der Waals surface area (Å²) in [6, 6.07) is 16.5. The van der Waals surface area contributed by atoms with Gasteiger partial charge < -0.3 is 15.2 Å². The number of nitrogen functional groups attached to an aromatic ring is 1. The van der Waals surface area contributed by atoms with Crippen molar-refractivity contribution >= 4 is 11.7 Å². The van der Waals surface area contributed by atoms with E-state index in [0.717, 1.165) is 5.56 Å². The van der Waals surface area contributed by atoms with Crippen LogP contribution in [0.25, 0.3) is 0 Å². The summed E-state index contributed by atoms with van der Waals surface area (Å²) in [4.78, 5) is 12.3. The Kier molecular flexibility index (Phi) is 5.43. The van der Waals surface area contributed by atoms with Gasteiger partial charge in [-0.1, -0.05) is 36.4 Å². The van der Waals surface area contributed by atoms with E-state index in [4.69, 9.17) is 20.5 Å². The van der Waals surface area contributed by atoms with Crippen LogP contribution in [-0.4, -0.2) is 12.6 Å². The summed E-state index contributed by atoms with van der Waals surface area (Å²) in [5.74, 6) is -0.00445. The number of anilines is 1. The molecule has 0 unspecified atom stereocenters. The second-order valence-electron chi connectivity index (χ2n) is 6.07. The first-order valence-electron chi connectivity index (χ1n) is 7.56. The number of carbonyl (C=O) groups is 1. The van der Waals surface area contributed by atoms with Gasteiger partial charge in [0.25, 0.3) is 0 Å². The van der Waals surface area contributed by atoms with E-state index < -0.39 is 5.41 Å². The zero-order chi connectivity index (χ0) is 17.6. The van der Waals surface area contributed by atoms with E-state index in [2.05, 4.69) is 0 Å². The van der Waals surface area contributed by atoms with Crippen LogP contribution in [-0.2, 0) is 16.1 Å². The SMILES string of the molecule is CC(C)(COc1cccc(N)c1C#N)C(=O)OCc1ccccc1. The first-order valence-corrected chi connectivity index (χ1v) is 7.56. The average Bonchev–Trinajstić information content (AvgIpc) is 2.58. The number of nitrogens with two attached hydrogens (primary N) is 1. The first-order chi connectivity index (χ1) is 11.4. The average molecular weight is 324 g/mol. The van der Waals surface area contributed by atoms with Crippen LogP contribution in [0.2, 0.25) is 0 Å². The van der Waals surface area contributed by atoms with Crippen LogP contribution < -0.4 is 10.5 Å². The largest absolute Gasteiger partial charge is 0.491 e. The summed E-state index contributed by atoms with van der Waals surface area (Å²) in [6.45, 7) is 3.76. The highest BCUT2D eigenvalue weighted by molar-refractivity contribution is 5.76. The third-order valence-corrected chi connectivity index (χ3v) is 3.52. The van der Waals surface area contributed by atoms with Crippen molar-refractivity contribution in [3.05, 3.63) is 59.7 Å². The Morgan fingerprint density at radius 3 is 2.54 bits per heavy atom. The van der Waals surface area contributed by atoms with Crippen molar-refractivity contribution in [2.45, 2.75) is 20.5 Å². The molecule has 0 radical (unpaired) electrons. The molecule has 0 spiro atoms. The van der Waals surface area contributed by atoms with Crippen molar-refractivity contribution in [1.82, 2.24) is 0 Å². The van der Waals surface area contributed by atoms with E-state index >= 15 is 0 Å². The van der Waals surface area contributed by atoms with E-state index in [9.17, 15) is 4.79 Å². The maximum atomic E-state index is 12.3. The fraction of sp³-hybridized carbons (Fsp3) is 0.263. The van der Waals surface area contributed by atoms with E-state index in [1.807, 2.05) is 36.4 Å². The predicted octanol–water partition coefficient (Wildman–Crippen LogP) is 3.29. The Balaban J connectivity index is 1.97. The predicted molar refractivity (Wildman–Crippen MR) is 91.1 cm³/mol. The van der Waals surface area contributed by atoms with Gasteiger partial charge in [0, 0.05) is 0 Å². The van der Waals surface area contributed by atoms with Gasteiger partial charge in [-0.3, -0.25) is 4.79 Å². The lowest BCUT2D eigenvalue weighted by molar-refractivity contribution is -0.157. The summed E-state index contributed by atoms with van der Waals surface area (Å²) < 4.78 is 11.0. The molecule has 2 N–H and O–H groups in total. The Labute approximate surface area is 141 Å². The van der Waals surface area contributed by atoms with Gasteiger partial charge in [-0.2, -0.15) is 5.26 Å². The van der Waals surface area contributed by atoms with E-state index in [1.54, 1.807) is 32.0 Å². The highest BCUT2D eigenvalue weighted by Gasteiger charge is 2.31. The minimum Gasteiger partial charge on any atom is -0.491 e. The van der Waals surface area contributed by atoms with Crippen molar-refractivity contribution in [1.29, 1.82) is 5.26 Å². The van der Waals surface area contributed by atoms with E-state index in [0.29, 0.717) is 11.4 Å². The topological polar surface area (TPSA) is 85.3 Å². The van der Waals surface area contributed by atoms with Gasteiger partial charge >= 0.3 is 5.97 Å². The number of nitriles is 1. The molecular weight excluding hydrogens is 304 g/mol. The molecule has 2 aromatic carbocycles. The molecule has 0 fully saturated rings. The minimum atomic E-state index is -0.855. The standard InChI is InChI=1S/C19H20N2O3/c1-19(2,18(22)23-12-14-7-4-3-5-8-14)13-24-17-10-6-9-16(21)15(17)11-20/h3-10H,12-13,21H2,1-2H3. The van der Waals surface area contributed by atoms with Crippen LogP contribution in [0, 0.1) is 16.7 Å². The molecule has 0 saturated heterocycles. The van der Waals surface area contributed by atoms with Crippen LogP contribution in [0.15, 0.2) is 48.5 Å². The van der Waals surface area contributed by atoms with Gasteiger partial charge in [0.05, 0.1) is 11.1 Å². The summed E-state index contributed by atoms with van der Waals surface area (Å²) in [5.41, 5.74) is 6.43. The molecule has 2 aromatic rings. The number of hydrogen-bond donors (Lipinski definition) is 1. The molecule has 0 bridgehead atoms. The zero-order valence-electron chi connectivity index (χ0n) is 13.8. The number of rotatable bonds is 6. The molecule has 0 heterocycles. The monoisotopic (exact) mass is 324 g/mol. The lowest BCUT2D eigenvalue weighted by atomic mass is 9.95. The van der Waals surface area contributed by atoms with Crippen molar-refractivity contribution in [2.24, 2.45) is 5.41 Å². The van der Waals surface area contributed by atoms with Gasteiger partial charge in [-0.05, 0) is 31.5 Å². The fourth-order valence-corrected chi connectivity index (χ4v) is 2.02. The third kappa shape index (κ3) is 4.26. The highest BCUT2D eigenvalue weighted by Crippen LogP contribution is 2.26. The van der Waals surface area contributed by atoms with Gasteiger partial charge in [-0.15, -0.1) is 0 Å². The zero-order valence-corrected chi connectivity index (χ0v) is 13.8. The number of hydrogen-bond acceptors (Lipinski definition) is 5. The molecule has 2 rings (SSSR count). The summed E-state index contributed by atoms with van der Waals surface area (Å²) >= 11 is 0. The van der Waals surface area contributed by atoms with Gasteiger partial charge in [0.2, 0.25) is 0 Å².